The van der Waals surface area contributed by atoms with Crippen LogP contribution in [0, 0.1) is 10.1 Å². The summed E-state index contributed by atoms with van der Waals surface area (Å²) in [7, 11) is 0. The molecule has 0 aliphatic carbocycles. The molecule has 0 amide bonds. The van der Waals surface area contributed by atoms with Crippen molar-refractivity contribution in [1.82, 2.24) is 0 Å². The van der Waals surface area contributed by atoms with Gasteiger partial charge in [0.1, 0.15) is 5.03 Å². The number of carbonyl (C=O) groups excluding carboxylic acids is 1. The Morgan fingerprint density at radius 2 is 2.00 bits per heavy atom. The van der Waals surface area contributed by atoms with Crippen LogP contribution >= 0.6 is 11.6 Å². The number of nitro groups is 1. The van der Waals surface area contributed by atoms with Gasteiger partial charge in [0.25, 0.3) is 0 Å². The van der Waals surface area contributed by atoms with E-state index in [1.54, 1.807) is 37.3 Å². The Labute approximate surface area is 103 Å². The molecule has 0 unspecified atom stereocenters. The number of carbonyl (C=O) groups is 1. The molecule has 5 nitrogen and oxygen atoms in total. The van der Waals surface area contributed by atoms with Gasteiger partial charge in [-0.25, -0.2) is 4.79 Å². The van der Waals surface area contributed by atoms with Gasteiger partial charge in [-0.2, -0.15) is 0 Å². The number of ether oxygens (including phenoxy) is 1. The molecule has 0 aliphatic heterocycles. The second-order valence-electron chi connectivity index (χ2n) is 3.01. The summed E-state index contributed by atoms with van der Waals surface area (Å²) < 4.78 is 4.59. The molecular formula is C11H10ClNO4. The average molecular weight is 256 g/mol. The molecule has 1 rings (SSSR count). The first-order chi connectivity index (χ1) is 8.07. The minimum absolute atomic E-state index is 0.0507. The zero-order valence-electron chi connectivity index (χ0n) is 9.05. The third kappa shape index (κ3) is 3.29. The SMILES string of the molecule is CCOC(=O)/C(=C(\Cl)c1ccccc1)[N+](=O)[O-]. The summed E-state index contributed by atoms with van der Waals surface area (Å²) in [5.41, 5.74) is -0.353. The van der Waals surface area contributed by atoms with E-state index in [0.717, 1.165) is 0 Å². The quantitative estimate of drug-likeness (QED) is 0.359. The van der Waals surface area contributed by atoms with Crippen LogP contribution in [0.4, 0.5) is 0 Å². The highest BCUT2D eigenvalue weighted by atomic mass is 35.5. The van der Waals surface area contributed by atoms with Crippen molar-refractivity contribution in [3.05, 3.63) is 51.7 Å². The summed E-state index contributed by atoms with van der Waals surface area (Å²) in [4.78, 5) is 21.3. The normalized spacial score (nSPS) is 11.6. The molecule has 0 heterocycles. The summed E-state index contributed by atoms with van der Waals surface area (Å²) in [6, 6.07) is 8.22. The summed E-state index contributed by atoms with van der Waals surface area (Å²) in [5, 5.41) is 10.6. The van der Waals surface area contributed by atoms with Crippen molar-refractivity contribution in [2.75, 3.05) is 6.61 Å². The van der Waals surface area contributed by atoms with E-state index in [0.29, 0.717) is 5.56 Å². The predicted molar refractivity (Wildman–Crippen MR) is 62.8 cm³/mol. The zero-order chi connectivity index (χ0) is 12.8. The fourth-order valence-electron chi connectivity index (χ4n) is 1.16. The molecule has 0 spiro atoms. The molecule has 1 aromatic rings. The van der Waals surface area contributed by atoms with Gasteiger partial charge in [-0.3, -0.25) is 10.1 Å². The van der Waals surface area contributed by atoms with E-state index < -0.39 is 16.6 Å². The van der Waals surface area contributed by atoms with Gasteiger partial charge in [0.15, 0.2) is 0 Å². The number of hydrogen-bond acceptors (Lipinski definition) is 4. The standard InChI is InChI=1S/C11H10ClNO4/c1-2-17-11(14)10(13(15)16)9(12)8-6-4-3-5-7-8/h3-7H,2H2,1H3/b10-9+. The summed E-state index contributed by atoms with van der Waals surface area (Å²) in [6.07, 6.45) is 0. The van der Waals surface area contributed by atoms with E-state index in [1.165, 1.54) is 0 Å². The first-order valence-corrected chi connectivity index (χ1v) is 5.22. The Morgan fingerprint density at radius 3 is 2.47 bits per heavy atom. The largest absolute Gasteiger partial charge is 0.458 e. The third-order valence-electron chi connectivity index (χ3n) is 1.89. The van der Waals surface area contributed by atoms with Crippen molar-refractivity contribution >= 4 is 22.6 Å². The zero-order valence-corrected chi connectivity index (χ0v) is 9.81. The summed E-state index contributed by atoms with van der Waals surface area (Å²) >= 11 is 5.83. The van der Waals surface area contributed by atoms with Crippen LogP contribution < -0.4 is 0 Å². The lowest BCUT2D eigenvalue weighted by Gasteiger charge is -2.02. The lowest BCUT2D eigenvalue weighted by Crippen LogP contribution is -2.15. The molecule has 0 radical (unpaired) electrons. The van der Waals surface area contributed by atoms with Gasteiger partial charge in [0, 0.05) is 5.56 Å². The molecule has 0 bridgehead atoms. The Morgan fingerprint density at radius 1 is 1.41 bits per heavy atom. The Bertz CT molecular complexity index is 456. The van der Waals surface area contributed by atoms with Crippen LogP contribution in [0.1, 0.15) is 12.5 Å². The number of halogens is 1. The van der Waals surface area contributed by atoms with E-state index >= 15 is 0 Å². The van der Waals surface area contributed by atoms with Gasteiger partial charge < -0.3 is 4.74 Å². The first kappa shape index (κ1) is 13.2. The highest BCUT2D eigenvalue weighted by Crippen LogP contribution is 2.24. The maximum Gasteiger partial charge on any atom is 0.411 e. The van der Waals surface area contributed by atoms with Crippen LogP contribution in [-0.4, -0.2) is 17.5 Å². The maximum absolute atomic E-state index is 11.4. The number of rotatable bonds is 4. The predicted octanol–water partition coefficient (Wildman–Crippen LogP) is 2.43. The smallest absolute Gasteiger partial charge is 0.411 e. The highest BCUT2D eigenvalue weighted by molar-refractivity contribution is 6.50. The number of esters is 1. The maximum atomic E-state index is 11.4. The molecule has 0 aliphatic rings. The highest BCUT2D eigenvalue weighted by Gasteiger charge is 2.28. The topological polar surface area (TPSA) is 69.4 Å². The van der Waals surface area contributed by atoms with Crippen LogP contribution in [0.25, 0.3) is 5.03 Å². The Balaban J connectivity index is 3.21. The second kappa shape index (κ2) is 6.00. The molecule has 0 atom stereocenters. The van der Waals surface area contributed by atoms with E-state index in [2.05, 4.69) is 4.74 Å². The molecule has 0 saturated carbocycles. The van der Waals surface area contributed by atoms with E-state index in [-0.39, 0.29) is 11.6 Å². The van der Waals surface area contributed by atoms with Crippen LogP contribution in [-0.2, 0) is 9.53 Å². The van der Waals surface area contributed by atoms with E-state index in [9.17, 15) is 14.9 Å². The van der Waals surface area contributed by atoms with Crippen LogP contribution in [0.2, 0.25) is 0 Å². The monoisotopic (exact) mass is 255 g/mol. The van der Waals surface area contributed by atoms with Crippen molar-refractivity contribution in [1.29, 1.82) is 0 Å². The van der Waals surface area contributed by atoms with Crippen molar-refractivity contribution in [2.24, 2.45) is 0 Å². The summed E-state index contributed by atoms with van der Waals surface area (Å²) in [6.45, 7) is 1.61. The molecule has 0 saturated heterocycles. The molecule has 6 heteroatoms. The van der Waals surface area contributed by atoms with Gasteiger partial charge in [-0.15, -0.1) is 0 Å². The molecule has 0 N–H and O–H groups in total. The van der Waals surface area contributed by atoms with Gasteiger partial charge in [0.2, 0.25) is 0 Å². The molecule has 1 aromatic carbocycles. The average Bonchev–Trinajstić information content (AvgIpc) is 2.30. The lowest BCUT2D eigenvalue weighted by atomic mass is 10.2. The fourth-order valence-corrected chi connectivity index (χ4v) is 1.44. The molecule has 17 heavy (non-hydrogen) atoms. The number of hydrogen-bond donors (Lipinski definition) is 0. The van der Waals surface area contributed by atoms with Crippen molar-refractivity contribution < 1.29 is 14.5 Å². The van der Waals surface area contributed by atoms with Crippen molar-refractivity contribution in [3.63, 3.8) is 0 Å². The minimum atomic E-state index is -1.04. The van der Waals surface area contributed by atoms with Gasteiger partial charge in [-0.05, 0) is 6.92 Å². The molecule has 0 fully saturated rings. The van der Waals surface area contributed by atoms with E-state index in [4.69, 9.17) is 11.6 Å². The number of nitrogens with zero attached hydrogens (tertiary/aromatic N) is 1. The van der Waals surface area contributed by atoms with Gasteiger partial charge >= 0.3 is 11.7 Å². The number of benzene rings is 1. The molecular weight excluding hydrogens is 246 g/mol. The molecule has 90 valence electrons. The van der Waals surface area contributed by atoms with Crippen LogP contribution in [0.15, 0.2) is 36.0 Å². The van der Waals surface area contributed by atoms with Gasteiger partial charge in [0.05, 0.1) is 11.5 Å². The fraction of sp³-hybridized carbons (Fsp3) is 0.182. The van der Waals surface area contributed by atoms with Crippen LogP contribution in [0.5, 0.6) is 0 Å². The summed E-state index contributed by atoms with van der Waals surface area (Å²) in [5.74, 6) is -1.04. The molecule has 0 aromatic heterocycles. The van der Waals surface area contributed by atoms with Crippen molar-refractivity contribution in [3.8, 4) is 0 Å². The van der Waals surface area contributed by atoms with Crippen LogP contribution in [0.3, 0.4) is 0 Å². The Kier molecular flexibility index (Phi) is 4.66. The van der Waals surface area contributed by atoms with E-state index in [1.807, 2.05) is 0 Å². The second-order valence-corrected chi connectivity index (χ2v) is 3.38. The third-order valence-corrected chi connectivity index (χ3v) is 2.28. The minimum Gasteiger partial charge on any atom is -0.458 e. The Hall–Kier alpha value is -1.88. The lowest BCUT2D eigenvalue weighted by molar-refractivity contribution is -0.420. The first-order valence-electron chi connectivity index (χ1n) is 4.84. The van der Waals surface area contributed by atoms with Gasteiger partial charge in [-0.1, -0.05) is 41.9 Å². The van der Waals surface area contributed by atoms with Crippen molar-refractivity contribution in [2.45, 2.75) is 6.92 Å².